The summed E-state index contributed by atoms with van der Waals surface area (Å²) < 4.78 is 5.98. The Morgan fingerprint density at radius 3 is 2.27 bits per heavy atom. The Kier molecular flexibility index (Phi) is 7.03. The number of β-amino-alcohol motifs (C(OH)–C–C–N with tert-alkyl or cyclic N) is 1. The Hall–Kier alpha value is -2.12. The molecule has 7 nitrogen and oxygen atoms in total. The van der Waals surface area contributed by atoms with Gasteiger partial charge in [-0.1, -0.05) is 6.07 Å². The molecule has 0 aromatic heterocycles. The number of hydrogen-bond acceptors (Lipinski definition) is 5. The molecular formula is C23H35N3O4. The summed E-state index contributed by atoms with van der Waals surface area (Å²) in [6, 6.07) is 6.20. The minimum atomic E-state index is -1.15. The van der Waals surface area contributed by atoms with Gasteiger partial charge in [0, 0.05) is 52.6 Å². The second kappa shape index (κ2) is 9.35. The smallest absolute Gasteiger partial charge is 0.219 e. The lowest BCUT2D eigenvalue weighted by Crippen LogP contribution is -2.54. The van der Waals surface area contributed by atoms with E-state index in [1.165, 1.54) is 5.56 Å². The molecule has 1 N–H and O–H groups in total. The number of likely N-dealkylation sites (tertiary alicyclic amines) is 1. The minimum absolute atomic E-state index is 0.0344. The monoisotopic (exact) mass is 417 g/mol. The lowest BCUT2D eigenvalue weighted by molar-refractivity contribution is -0.132. The summed E-state index contributed by atoms with van der Waals surface area (Å²) in [5.41, 5.74) is 1.18. The van der Waals surface area contributed by atoms with E-state index in [1.54, 1.807) is 18.7 Å². The van der Waals surface area contributed by atoms with Crippen molar-refractivity contribution >= 4 is 11.8 Å². The summed E-state index contributed by atoms with van der Waals surface area (Å²) in [4.78, 5) is 29.6. The van der Waals surface area contributed by atoms with Crippen molar-refractivity contribution < 1.29 is 19.4 Å². The number of hydrogen-bond donors (Lipinski definition) is 1. The average Bonchev–Trinajstić information content (AvgIpc) is 2.89. The fourth-order valence-corrected chi connectivity index (χ4v) is 4.43. The molecule has 2 fully saturated rings. The van der Waals surface area contributed by atoms with Crippen LogP contribution in [0, 0.1) is 13.8 Å². The summed E-state index contributed by atoms with van der Waals surface area (Å²) in [6.07, 6.45) is 1.77. The van der Waals surface area contributed by atoms with Crippen molar-refractivity contribution in [3.63, 3.8) is 0 Å². The predicted octanol–water partition coefficient (Wildman–Crippen LogP) is 1.59. The minimum Gasteiger partial charge on any atom is -0.490 e. The van der Waals surface area contributed by atoms with E-state index in [2.05, 4.69) is 11.8 Å². The summed E-state index contributed by atoms with van der Waals surface area (Å²) in [7, 11) is 0. The number of amides is 2. The van der Waals surface area contributed by atoms with E-state index in [-0.39, 0.29) is 25.0 Å². The van der Waals surface area contributed by atoms with Gasteiger partial charge in [-0.2, -0.15) is 0 Å². The number of nitrogens with zero attached hydrogens (tertiary/aromatic N) is 3. The topological polar surface area (TPSA) is 73.3 Å². The van der Waals surface area contributed by atoms with Crippen molar-refractivity contribution in [3.05, 3.63) is 29.3 Å². The maximum atomic E-state index is 12.1. The third-order valence-electron chi connectivity index (χ3n) is 6.50. The number of aryl methyl sites for hydroxylation is 2. The van der Waals surface area contributed by atoms with Crippen molar-refractivity contribution in [1.29, 1.82) is 0 Å². The molecule has 166 valence electrons. The molecule has 1 atom stereocenters. The molecule has 2 aliphatic rings. The van der Waals surface area contributed by atoms with Crippen LogP contribution in [-0.2, 0) is 9.59 Å². The Morgan fingerprint density at radius 1 is 1.00 bits per heavy atom. The fourth-order valence-electron chi connectivity index (χ4n) is 4.43. The van der Waals surface area contributed by atoms with Crippen molar-refractivity contribution in [1.82, 2.24) is 14.7 Å². The van der Waals surface area contributed by atoms with Gasteiger partial charge in [0.1, 0.15) is 18.0 Å². The van der Waals surface area contributed by atoms with E-state index >= 15 is 0 Å². The van der Waals surface area contributed by atoms with Crippen LogP contribution in [0.4, 0.5) is 0 Å². The molecule has 0 aliphatic carbocycles. The predicted molar refractivity (Wildman–Crippen MR) is 115 cm³/mol. The zero-order valence-corrected chi connectivity index (χ0v) is 18.7. The molecule has 3 rings (SSSR count). The molecule has 0 radical (unpaired) electrons. The van der Waals surface area contributed by atoms with Crippen LogP contribution in [0.15, 0.2) is 18.2 Å². The van der Waals surface area contributed by atoms with Crippen LogP contribution in [-0.4, -0.2) is 89.1 Å². The van der Waals surface area contributed by atoms with E-state index in [1.807, 2.05) is 30.0 Å². The summed E-state index contributed by atoms with van der Waals surface area (Å²) >= 11 is 0. The van der Waals surface area contributed by atoms with Gasteiger partial charge in [-0.05, 0) is 49.9 Å². The Balaban J connectivity index is 1.70. The van der Waals surface area contributed by atoms with Gasteiger partial charge in [0.2, 0.25) is 11.8 Å². The molecule has 0 spiro atoms. The molecule has 2 saturated heterocycles. The number of carbonyl (C=O) groups is 2. The first kappa shape index (κ1) is 22.6. The first-order valence-corrected chi connectivity index (χ1v) is 10.8. The third kappa shape index (κ3) is 5.52. The molecule has 30 heavy (non-hydrogen) atoms. The molecule has 0 unspecified atom stereocenters. The average molecular weight is 418 g/mol. The summed E-state index contributed by atoms with van der Waals surface area (Å²) in [5, 5.41) is 11.5. The second-order valence-electron chi connectivity index (χ2n) is 8.91. The maximum Gasteiger partial charge on any atom is 0.219 e. The third-order valence-corrected chi connectivity index (χ3v) is 6.50. The second-order valence-corrected chi connectivity index (χ2v) is 8.91. The highest BCUT2D eigenvalue weighted by molar-refractivity contribution is 5.73. The number of carbonyl (C=O) groups excluding carboxylic acids is 2. The zero-order valence-electron chi connectivity index (χ0n) is 18.7. The van der Waals surface area contributed by atoms with Crippen LogP contribution in [0.2, 0.25) is 0 Å². The highest BCUT2D eigenvalue weighted by Crippen LogP contribution is 2.24. The van der Waals surface area contributed by atoms with Crippen LogP contribution in [0.3, 0.4) is 0 Å². The van der Waals surface area contributed by atoms with Crippen molar-refractivity contribution in [3.8, 4) is 5.75 Å². The van der Waals surface area contributed by atoms with E-state index in [4.69, 9.17) is 4.74 Å². The van der Waals surface area contributed by atoms with Crippen LogP contribution in [0.1, 0.15) is 37.8 Å². The first-order chi connectivity index (χ1) is 14.2. The Morgan fingerprint density at radius 2 is 1.67 bits per heavy atom. The lowest BCUT2D eigenvalue weighted by Gasteiger charge is -2.40. The van der Waals surface area contributed by atoms with Crippen LogP contribution < -0.4 is 4.74 Å². The summed E-state index contributed by atoms with van der Waals surface area (Å²) in [5.74, 6) is 0.810. The van der Waals surface area contributed by atoms with Gasteiger partial charge < -0.3 is 19.6 Å². The quantitative estimate of drug-likeness (QED) is 0.805. The van der Waals surface area contributed by atoms with Crippen molar-refractivity contribution in [2.45, 2.75) is 52.2 Å². The molecule has 7 heteroatoms. The first-order valence-electron chi connectivity index (χ1n) is 10.8. The van der Waals surface area contributed by atoms with Gasteiger partial charge in [-0.25, -0.2) is 0 Å². The van der Waals surface area contributed by atoms with Gasteiger partial charge in [-0.3, -0.25) is 14.5 Å². The Labute approximate surface area is 179 Å². The van der Waals surface area contributed by atoms with Gasteiger partial charge in [0.15, 0.2) is 0 Å². The van der Waals surface area contributed by atoms with Gasteiger partial charge in [-0.15, -0.1) is 0 Å². The number of benzene rings is 1. The molecule has 0 saturated carbocycles. The largest absolute Gasteiger partial charge is 0.490 e. The number of ether oxygens (including phenoxy) is 1. The van der Waals surface area contributed by atoms with E-state index in [9.17, 15) is 14.7 Å². The van der Waals surface area contributed by atoms with E-state index < -0.39 is 5.60 Å². The molecule has 2 amide bonds. The molecule has 1 aromatic carbocycles. The highest BCUT2D eigenvalue weighted by Gasteiger charge is 2.39. The zero-order chi connectivity index (χ0) is 21.9. The Bertz CT molecular complexity index is 776. The van der Waals surface area contributed by atoms with Crippen LogP contribution in [0.25, 0.3) is 0 Å². The number of aliphatic hydroxyl groups is 1. The van der Waals surface area contributed by atoms with E-state index in [0.29, 0.717) is 19.1 Å². The SMILES string of the molecule is CC(=O)N1CCC(N2CCN(C(C)=O)C[C@@](O)(COc3ccc(C)c(C)c3)C2)CC1. The normalized spacial score (nSPS) is 23.9. The van der Waals surface area contributed by atoms with Gasteiger partial charge in [0.05, 0.1) is 6.54 Å². The van der Waals surface area contributed by atoms with E-state index in [0.717, 1.165) is 43.8 Å². The molecule has 2 heterocycles. The summed E-state index contributed by atoms with van der Waals surface area (Å²) in [6.45, 7) is 10.9. The number of rotatable bonds is 4. The molecular weight excluding hydrogens is 382 g/mol. The van der Waals surface area contributed by atoms with Gasteiger partial charge in [0.25, 0.3) is 0 Å². The number of piperidine rings is 1. The highest BCUT2D eigenvalue weighted by atomic mass is 16.5. The van der Waals surface area contributed by atoms with Crippen LogP contribution >= 0.6 is 0 Å². The molecule has 1 aromatic rings. The standard InChI is InChI=1S/C23H35N3O4/c1-17-5-6-22(13-18(17)2)30-16-23(29)14-25(20(4)28)11-12-26(15-23)21-7-9-24(10-8-21)19(3)27/h5-6,13,21,29H,7-12,14-16H2,1-4H3/t23-/m0/s1. The molecule has 2 aliphatic heterocycles. The molecule has 0 bridgehead atoms. The van der Waals surface area contributed by atoms with Crippen LogP contribution in [0.5, 0.6) is 5.75 Å². The van der Waals surface area contributed by atoms with Crippen molar-refractivity contribution in [2.24, 2.45) is 0 Å². The lowest BCUT2D eigenvalue weighted by atomic mass is 9.99. The van der Waals surface area contributed by atoms with Crippen molar-refractivity contribution in [2.75, 3.05) is 45.9 Å². The fraction of sp³-hybridized carbons (Fsp3) is 0.652. The van der Waals surface area contributed by atoms with Gasteiger partial charge >= 0.3 is 0 Å². The maximum absolute atomic E-state index is 12.1.